The van der Waals surface area contributed by atoms with Gasteiger partial charge in [0.05, 0.1) is 11.9 Å². The fourth-order valence-electron chi connectivity index (χ4n) is 3.57. The van der Waals surface area contributed by atoms with Gasteiger partial charge in [0.15, 0.2) is 0 Å². The van der Waals surface area contributed by atoms with E-state index in [0.29, 0.717) is 11.3 Å². The monoisotopic (exact) mass is 372 g/mol. The molecule has 5 nitrogen and oxygen atoms in total. The number of fused-ring (bicyclic) bond motifs is 1. The Labute approximate surface area is 164 Å². The molecule has 1 N–H and O–H groups in total. The maximum atomic E-state index is 12.7. The number of nitrogens with zero attached hydrogens (tertiary/aromatic N) is 3. The number of anilines is 1. The molecule has 5 heteroatoms. The van der Waals surface area contributed by atoms with Gasteiger partial charge in [-0.05, 0) is 50.1 Å². The molecule has 0 atom stereocenters. The van der Waals surface area contributed by atoms with Gasteiger partial charge in [-0.2, -0.15) is 5.10 Å². The van der Waals surface area contributed by atoms with Gasteiger partial charge in [-0.3, -0.25) is 9.48 Å². The van der Waals surface area contributed by atoms with E-state index in [1.165, 1.54) is 16.8 Å². The third kappa shape index (κ3) is 3.31. The zero-order chi connectivity index (χ0) is 19.7. The zero-order valence-electron chi connectivity index (χ0n) is 16.4. The standard InChI is InChI=1S/C23H24N4O/c1-4-26-15-20(13-24-26)25-23(28)19-10-11-22-21(12-19)16(2)17(3)27(22)14-18-8-6-5-7-9-18/h5-13,15H,4,14H2,1-3H3,(H,25,28). The van der Waals surface area contributed by atoms with Gasteiger partial charge in [0.1, 0.15) is 0 Å². The molecule has 0 radical (unpaired) electrons. The van der Waals surface area contributed by atoms with Crippen LogP contribution in [0.4, 0.5) is 5.69 Å². The van der Waals surface area contributed by atoms with Gasteiger partial charge in [0.2, 0.25) is 0 Å². The Balaban J connectivity index is 1.65. The number of hydrogen-bond acceptors (Lipinski definition) is 2. The zero-order valence-corrected chi connectivity index (χ0v) is 16.4. The fourth-order valence-corrected chi connectivity index (χ4v) is 3.57. The van der Waals surface area contributed by atoms with Crippen LogP contribution < -0.4 is 5.32 Å². The molecule has 28 heavy (non-hydrogen) atoms. The number of nitrogens with one attached hydrogen (secondary N) is 1. The highest BCUT2D eigenvalue weighted by atomic mass is 16.1. The number of amides is 1. The third-order valence-electron chi connectivity index (χ3n) is 5.30. The van der Waals surface area contributed by atoms with Crippen molar-refractivity contribution in [2.45, 2.75) is 33.9 Å². The molecular weight excluding hydrogens is 348 g/mol. The lowest BCUT2D eigenvalue weighted by atomic mass is 10.1. The van der Waals surface area contributed by atoms with Crippen molar-refractivity contribution in [3.63, 3.8) is 0 Å². The molecule has 1 amide bonds. The quantitative estimate of drug-likeness (QED) is 0.548. The van der Waals surface area contributed by atoms with E-state index in [2.05, 4.69) is 53.1 Å². The Morgan fingerprint density at radius 3 is 2.61 bits per heavy atom. The van der Waals surface area contributed by atoms with E-state index in [-0.39, 0.29) is 5.91 Å². The first-order chi connectivity index (χ1) is 13.6. The highest BCUT2D eigenvalue weighted by molar-refractivity contribution is 6.06. The molecule has 4 aromatic rings. The summed E-state index contributed by atoms with van der Waals surface area (Å²) < 4.78 is 4.10. The molecule has 142 valence electrons. The van der Waals surface area contributed by atoms with Crippen molar-refractivity contribution in [2.75, 3.05) is 5.32 Å². The predicted molar refractivity (Wildman–Crippen MR) is 113 cm³/mol. The van der Waals surface area contributed by atoms with Gasteiger partial charge in [-0.25, -0.2) is 0 Å². The molecule has 0 spiro atoms. The maximum Gasteiger partial charge on any atom is 0.255 e. The van der Waals surface area contributed by atoms with E-state index in [4.69, 9.17) is 0 Å². The summed E-state index contributed by atoms with van der Waals surface area (Å²) in [5, 5.41) is 8.24. The van der Waals surface area contributed by atoms with Gasteiger partial charge in [0, 0.05) is 41.4 Å². The number of carbonyl (C=O) groups is 1. The average molecular weight is 372 g/mol. The molecule has 0 aliphatic heterocycles. The van der Waals surface area contributed by atoms with Crippen LogP contribution in [0.2, 0.25) is 0 Å². The Morgan fingerprint density at radius 1 is 1.11 bits per heavy atom. The summed E-state index contributed by atoms with van der Waals surface area (Å²) >= 11 is 0. The van der Waals surface area contributed by atoms with E-state index in [1.54, 1.807) is 10.9 Å². The lowest BCUT2D eigenvalue weighted by molar-refractivity contribution is 0.102. The summed E-state index contributed by atoms with van der Waals surface area (Å²) in [6.07, 6.45) is 3.51. The van der Waals surface area contributed by atoms with E-state index in [0.717, 1.165) is 24.0 Å². The number of hydrogen-bond donors (Lipinski definition) is 1. The Morgan fingerprint density at radius 2 is 1.89 bits per heavy atom. The molecule has 2 heterocycles. The van der Waals surface area contributed by atoms with Crippen molar-refractivity contribution in [1.29, 1.82) is 0 Å². The molecule has 0 saturated heterocycles. The summed E-state index contributed by atoms with van der Waals surface area (Å²) in [6, 6.07) is 16.4. The van der Waals surface area contributed by atoms with Gasteiger partial charge in [-0.1, -0.05) is 30.3 Å². The first kappa shape index (κ1) is 18.0. The minimum absolute atomic E-state index is 0.120. The molecule has 0 aliphatic rings. The van der Waals surface area contributed by atoms with Crippen molar-refractivity contribution in [3.8, 4) is 0 Å². The molecule has 0 fully saturated rings. The number of aryl methyl sites for hydroxylation is 2. The number of benzene rings is 2. The van der Waals surface area contributed by atoms with Crippen LogP contribution in [0.25, 0.3) is 10.9 Å². The number of rotatable bonds is 5. The van der Waals surface area contributed by atoms with E-state index >= 15 is 0 Å². The van der Waals surface area contributed by atoms with E-state index in [9.17, 15) is 4.79 Å². The second-order valence-corrected chi connectivity index (χ2v) is 7.05. The number of aromatic nitrogens is 3. The first-order valence-electron chi connectivity index (χ1n) is 9.54. The minimum Gasteiger partial charge on any atom is -0.340 e. The second-order valence-electron chi connectivity index (χ2n) is 7.05. The Bertz CT molecular complexity index is 1140. The lowest BCUT2D eigenvalue weighted by Crippen LogP contribution is -2.11. The fraction of sp³-hybridized carbons (Fsp3) is 0.217. The molecule has 4 rings (SSSR count). The van der Waals surface area contributed by atoms with Crippen LogP contribution in [0.1, 0.15) is 34.1 Å². The molecular formula is C23H24N4O. The molecule has 2 aromatic heterocycles. The van der Waals surface area contributed by atoms with Crippen LogP contribution in [0.3, 0.4) is 0 Å². The first-order valence-corrected chi connectivity index (χ1v) is 9.54. The van der Waals surface area contributed by atoms with Crippen LogP contribution in [0.15, 0.2) is 60.9 Å². The van der Waals surface area contributed by atoms with Crippen LogP contribution in [0.5, 0.6) is 0 Å². The highest BCUT2D eigenvalue weighted by Gasteiger charge is 2.14. The normalized spacial score (nSPS) is 11.1. The maximum absolute atomic E-state index is 12.7. The lowest BCUT2D eigenvalue weighted by Gasteiger charge is -2.09. The average Bonchev–Trinajstić information content (AvgIpc) is 3.27. The summed E-state index contributed by atoms with van der Waals surface area (Å²) in [5.41, 5.74) is 6.20. The van der Waals surface area contributed by atoms with Crippen molar-refractivity contribution in [3.05, 3.63) is 83.3 Å². The molecule has 0 bridgehead atoms. The van der Waals surface area contributed by atoms with Crippen molar-refractivity contribution in [1.82, 2.24) is 14.3 Å². The van der Waals surface area contributed by atoms with Crippen molar-refractivity contribution >= 4 is 22.5 Å². The van der Waals surface area contributed by atoms with Crippen molar-refractivity contribution in [2.24, 2.45) is 0 Å². The summed E-state index contributed by atoms with van der Waals surface area (Å²) in [7, 11) is 0. The smallest absolute Gasteiger partial charge is 0.255 e. The van der Waals surface area contributed by atoms with E-state index in [1.807, 2.05) is 37.4 Å². The van der Waals surface area contributed by atoms with Gasteiger partial charge in [0.25, 0.3) is 5.91 Å². The van der Waals surface area contributed by atoms with Gasteiger partial charge < -0.3 is 9.88 Å². The van der Waals surface area contributed by atoms with Crippen LogP contribution in [-0.4, -0.2) is 20.3 Å². The van der Waals surface area contributed by atoms with Crippen molar-refractivity contribution < 1.29 is 4.79 Å². The third-order valence-corrected chi connectivity index (χ3v) is 5.30. The molecule has 0 unspecified atom stereocenters. The van der Waals surface area contributed by atoms with Gasteiger partial charge >= 0.3 is 0 Å². The van der Waals surface area contributed by atoms with Crippen LogP contribution >= 0.6 is 0 Å². The summed E-state index contributed by atoms with van der Waals surface area (Å²) in [4.78, 5) is 12.7. The summed E-state index contributed by atoms with van der Waals surface area (Å²) in [5.74, 6) is -0.120. The number of carbonyl (C=O) groups excluding carboxylic acids is 1. The largest absolute Gasteiger partial charge is 0.340 e. The second kappa shape index (κ2) is 7.35. The SMILES string of the molecule is CCn1cc(NC(=O)c2ccc3c(c2)c(C)c(C)n3Cc2ccccc2)cn1. The predicted octanol–water partition coefficient (Wildman–Crippen LogP) is 4.78. The Kier molecular flexibility index (Phi) is 4.74. The molecule has 0 saturated carbocycles. The van der Waals surface area contributed by atoms with Gasteiger partial charge in [-0.15, -0.1) is 0 Å². The summed E-state index contributed by atoms with van der Waals surface area (Å²) in [6.45, 7) is 7.86. The molecule has 0 aliphatic carbocycles. The van der Waals surface area contributed by atoms with Crippen LogP contribution in [0, 0.1) is 13.8 Å². The Hall–Kier alpha value is -3.34. The molecule has 2 aromatic carbocycles. The highest BCUT2D eigenvalue weighted by Crippen LogP contribution is 2.27. The van der Waals surface area contributed by atoms with Crippen LogP contribution in [-0.2, 0) is 13.1 Å². The minimum atomic E-state index is -0.120. The van der Waals surface area contributed by atoms with E-state index < -0.39 is 0 Å². The topological polar surface area (TPSA) is 51.9 Å².